The summed E-state index contributed by atoms with van der Waals surface area (Å²) in [5, 5.41) is 4.74. The standard InChI is InChI=1S/C20H18F3N5O2/c1-9-15-18(25-17(26-19(15)29)16-11(3)30-12(4)24-16)28(27-9)10(2)13-5-7-14(8-6-13)20(21,22)23/h5-8,10H,1-4H3,(H,25,26,29). The summed E-state index contributed by atoms with van der Waals surface area (Å²) < 4.78 is 45.5. The van der Waals surface area contributed by atoms with Crippen molar-refractivity contribution < 1.29 is 17.6 Å². The SMILES string of the molecule is Cc1nc(-c2nc3c(c(C)nn3C(C)c3ccc(C(F)(F)F)cc3)c(=O)[nH]2)c(C)o1. The Morgan fingerprint density at radius 2 is 1.77 bits per heavy atom. The lowest BCUT2D eigenvalue weighted by Gasteiger charge is -2.15. The molecule has 0 fully saturated rings. The first kappa shape index (κ1) is 19.9. The Hall–Kier alpha value is -3.43. The molecular weight excluding hydrogens is 399 g/mol. The van der Waals surface area contributed by atoms with Gasteiger partial charge in [0.2, 0.25) is 0 Å². The van der Waals surface area contributed by atoms with Gasteiger partial charge in [-0.2, -0.15) is 18.3 Å². The number of aromatic nitrogens is 5. The van der Waals surface area contributed by atoms with E-state index in [0.717, 1.165) is 12.1 Å². The summed E-state index contributed by atoms with van der Waals surface area (Å²) in [5.41, 5.74) is 0.700. The number of halogens is 3. The van der Waals surface area contributed by atoms with E-state index in [0.29, 0.717) is 39.6 Å². The van der Waals surface area contributed by atoms with Crippen molar-refractivity contribution in [1.29, 1.82) is 0 Å². The second-order valence-corrected chi connectivity index (χ2v) is 7.08. The van der Waals surface area contributed by atoms with Crippen molar-refractivity contribution in [2.24, 2.45) is 0 Å². The van der Waals surface area contributed by atoms with Gasteiger partial charge in [0.05, 0.1) is 17.3 Å². The van der Waals surface area contributed by atoms with Gasteiger partial charge in [-0.05, 0) is 38.5 Å². The fourth-order valence-corrected chi connectivity index (χ4v) is 3.43. The van der Waals surface area contributed by atoms with Gasteiger partial charge in [-0.1, -0.05) is 12.1 Å². The Morgan fingerprint density at radius 1 is 1.10 bits per heavy atom. The molecular formula is C20H18F3N5O2. The molecule has 3 heterocycles. The number of hydrogen-bond acceptors (Lipinski definition) is 5. The molecule has 4 rings (SSSR count). The number of fused-ring (bicyclic) bond motifs is 1. The van der Waals surface area contributed by atoms with Crippen molar-refractivity contribution in [2.45, 2.75) is 39.9 Å². The molecule has 0 aliphatic carbocycles. The van der Waals surface area contributed by atoms with Crippen LogP contribution in [0.25, 0.3) is 22.6 Å². The third-order valence-electron chi connectivity index (χ3n) is 4.95. The van der Waals surface area contributed by atoms with E-state index >= 15 is 0 Å². The fraction of sp³-hybridized carbons (Fsp3) is 0.300. The number of oxazole rings is 1. The van der Waals surface area contributed by atoms with E-state index in [9.17, 15) is 18.0 Å². The van der Waals surface area contributed by atoms with Crippen LogP contribution in [0.5, 0.6) is 0 Å². The molecule has 30 heavy (non-hydrogen) atoms. The molecule has 0 aliphatic rings. The zero-order chi connectivity index (χ0) is 21.8. The molecule has 1 N–H and O–H groups in total. The number of H-pyrrole nitrogens is 1. The number of alkyl halides is 3. The van der Waals surface area contributed by atoms with Crippen molar-refractivity contribution in [2.75, 3.05) is 0 Å². The van der Waals surface area contributed by atoms with Gasteiger partial charge in [0.15, 0.2) is 17.4 Å². The number of nitrogens with zero attached hydrogens (tertiary/aromatic N) is 4. The second-order valence-electron chi connectivity index (χ2n) is 7.08. The normalized spacial score (nSPS) is 13.2. The van der Waals surface area contributed by atoms with E-state index in [-0.39, 0.29) is 11.4 Å². The summed E-state index contributed by atoms with van der Waals surface area (Å²) in [4.78, 5) is 24.2. The summed E-state index contributed by atoms with van der Waals surface area (Å²) in [5.74, 6) is 1.18. The highest BCUT2D eigenvalue weighted by Crippen LogP contribution is 2.31. The van der Waals surface area contributed by atoms with Gasteiger partial charge < -0.3 is 9.40 Å². The largest absolute Gasteiger partial charge is 0.446 e. The molecule has 0 radical (unpaired) electrons. The first-order chi connectivity index (χ1) is 14.1. The quantitative estimate of drug-likeness (QED) is 0.536. The number of aromatic amines is 1. The smallest absolute Gasteiger partial charge is 0.416 e. The number of rotatable bonds is 3. The molecule has 0 saturated heterocycles. The molecule has 1 unspecified atom stereocenters. The van der Waals surface area contributed by atoms with Gasteiger partial charge in [0, 0.05) is 6.92 Å². The number of benzene rings is 1. The van der Waals surface area contributed by atoms with Gasteiger partial charge in [-0.25, -0.2) is 14.6 Å². The molecule has 1 atom stereocenters. The van der Waals surface area contributed by atoms with Gasteiger partial charge in [0.1, 0.15) is 16.8 Å². The average Bonchev–Trinajstić information content (AvgIpc) is 3.19. The summed E-state index contributed by atoms with van der Waals surface area (Å²) in [6.45, 7) is 6.87. The Bertz CT molecular complexity index is 1300. The van der Waals surface area contributed by atoms with E-state index in [1.807, 2.05) is 0 Å². The Kier molecular flexibility index (Phi) is 4.52. The highest BCUT2D eigenvalue weighted by molar-refractivity contribution is 5.79. The Morgan fingerprint density at radius 3 is 2.33 bits per heavy atom. The van der Waals surface area contributed by atoms with Crippen LogP contribution in [-0.2, 0) is 6.18 Å². The molecule has 156 valence electrons. The molecule has 3 aromatic heterocycles. The number of hydrogen-bond donors (Lipinski definition) is 1. The number of nitrogens with one attached hydrogen (secondary N) is 1. The van der Waals surface area contributed by atoms with Crippen LogP contribution >= 0.6 is 0 Å². The van der Waals surface area contributed by atoms with Gasteiger partial charge in [-0.3, -0.25) is 4.79 Å². The zero-order valence-electron chi connectivity index (χ0n) is 16.6. The first-order valence-electron chi connectivity index (χ1n) is 9.17. The van der Waals surface area contributed by atoms with Crippen LogP contribution in [0, 0.1) is 20.8 Å². The van der Waals surface area contributed by atoms with Crippen LogP contribution in [-0.4, -0.2) is 24.7 Å². The molecule has 0 spiro atoms. The van der Waals surface area contributed by atoms with Gasteiger partial charge >= 0.3 is 6.18 Å². The predicted molar refractivity (Wildman–Crippen MR) is 103 cm³/mol. The van der Waals surface area contributed by atoms with Crippen molar-refractivity contribution in [1.82, 2.24) is 24.7 Å². The summed E-state index contributed by atoms with van der Waals surface area (Å²) in [6, 6.07) is 4.39. The molecule has 10 heteroatoms. The van der Waals surface area contributed by atoms with Crippen molar-refractivity contribution in [3.63, 3.8) is 0 Å². The predicted octanol–water partition coefficient (Wildman–Crippen LogP) is 4.33. The highest BCUT2D eigenvalue weighted by Gasteiger charge is 2.30. The van der Waals surface area contributed by atoms with E-state index in [2.05, 4.69) is 20.1 Å². The summed E-state index contributed by atoms with van der Waals surface area (Å²) in [6.07, 6.45) is -4.41. The fourth-order valence-electron chi connectivity index (χ4n) is 3.43. The topological polar surface area (TPSA) is 89.6 Å². The molecule has 7 nitrogen and oxygen atoms in total. The van der Waals surface area contributed by atoms with E-state index < -0.39 is 17.8 Å². The lowest BCUT2D eigenvalue weighted by atomic mass is 10.1. The molecule has 0 aliphatic heterocycles. The molecule has 4 aromatic rings. The minimum absolute atomic E-state index is 0.239. The molecule has 1 aromatic carbocycles. The van der Waals surface area contributed by atoms with E-state index in [4.69, 9.17) is 4.42 Å². The monoisotopic (exact) mass is 417 g/mol. The zero-order valence-corrected chi connectivity index (χ0v) is 16.6. The first-order valence-corrected chi connectivity index (χ1v) is 9.17. The Balaban J connectivity index is 1.85. The maximum absolute atomic E-state index is 12.9. The lowest BCUT2D eigenvalue weighted by molar-refractivity contribution is -0.137. The molecule has 0 bridgehead atoms. The van der Waals surface area contributed by atoms with Crippen LogP contribution in [0.4, 0.5) is 13.2 Å². The summed E-state index contributed by atoms with van der Waals surface area (Å²) in [7, 11) is 0. The summed E-state index contributed by atoms with van der Waals surface area (Å²) >= 11 is 0. The lowest BCUT2D eigenvalue weighted by Crippen LogP contribution is -2.14. The number of aryl methyl sites for hydroxylation is 3. The van der Waals surface area contributed by atoms with Crippen molar-refractivity contribution in [3.8, 4) is 11.5 Å². The van der Waals surface area contributed by atoms with E-state index in [1.165, 1.54) is 16.8 Å². The highest BCUT2D eigenvalue weighted by atomic mass is 19.4. The maximum Gasteiger partial charge on any atom is 0.416 e. The minimum atomic E-state index is -4.41. The van der Waals surface area contributed by atoms with E-state index in [1.54, 1.807) is 27.7 Å². The van der Waals surface area contributed by atoms with Gasteiger partial charge in [-0.15, -0.1) is 0 Å². The molecule has 0 amide bonds. The average molecular weight is 417 g/mol. The van der Waals surface area contributed by atoms with Crippen molar-refractivity contribution in [3.05, 3.63) is 63.1 Å². The van der Waals surface area contributed by atoms with Gasteiger partial charge in [0.25, 0.3) is 5.56 Å². The maximum atomic E-state index is 12.9. The minimum Gasteiger partial charge on any atom is -0.446 e. The Labute approximate surface area is 168 Å². The van der Waals surface area contributed by atoms with Crippen LogP contribution < -0.4 is 5.56 Å². The third-order valence-corrected chi connectivity index (χ3v) is 4.95. The second kappa shape index (κ2) is 6.82. The van der Waals surface area contributed by atoms with Crippen LogP contribution in [0.2, 0.25) is 0 Å². The molecule has 0 saturated carbocycles. The van der Waals surface area contributed by atoms with Crippen molar-refractivity contribution >= 4 is 11.0 Å². The third kappa shape index (κ3) is 3.27. The van der Waals surface area contributed by atoms with Crippen LogP contribution in [0.15, 0.2) is 33.5 Å². The van der Waals surface area contributed by atoms with Crippen LogP contribution in [0.3, 0.4) is 0 Å². The van der Waals surface area contributed by atoms with Crippen LogP contribution in [0.1, 0.15) is 41.4 Å².